The van der Waals surface area contributed by atoms with E-state index in [0.29, 0.717) is 32.5 Å². The van der Waals surface area contributed by atoms with Crippen LogP contribution in [0.4, 0.5) is 0 Å². The number of esters is 1. The summed E-state index contributed by atoms with van der Waals surface area (Å²) in [5.41, 5.74) is 0. The van der Waals surface area contributed by atoms with E-state index < -0.39 is 22.6 Å². The zero-order valence-corrected chi connectivity index (χ0v) is 18.3. The Morgan fingerprint density at radius 3 is 2.76 bits per heavy atom. The van der Waals surface area contributed by atoms with E-state index in [9.17, 15) is 14.4 Å². The molecule has 3 fully saturated rings. The Kier molecular flexibility index (Phi) is 7.48. The molecule has 2 amide bonds. The van der Waals surface area contributed by atoms with Gasteiger partial charge in [-0.15, -0.1) is 11.8 Å². The second-order valence-corrected chi connectivity index (χ2v) is 9.87. The van der Waals surface area contributed by atoms with Crippen LogP contribution >= 0.6 is 11.8 Å². The lowest BCUT2D eigenvalue weighted by atomic mass is 9.71. The smallest absolute Gasteiger partial charge is 0.310 e. The maximum atomic E-state index is 13.4. The number of carbonyl (C=O) groups excluding carboxylic acids is 3. The molecule has 0 aromatic rings. The van der Waals surface area contributed by atoms with Crippen LogP contribution in [0, 0.1) is 11.8 Å². The summed E-state index contributed by atoms with van der Waals surface area (Å²) in [5.74, 6) is -1.43. The standard InChI is InChI=1S/C21H34N2O5S/c1-3-5-6-11-22-18(25)17-21-10-9-14(29-21)15(20(27)28-4-2)16(21)19(26)23(17)12-7-8-13-24/h14-17,24H,3-13H2,1-2H3,(H,22,25)/t14-,15+,16-,17?,21?/m0/s1. The highest BCUT2D eigenvalue weighted by Crippen LogP contribution is 2.66. The van der Waals surface area contributed by atoms with E-state index in [-0.39, 0.29) is 29.6 Å². The van der Waals surface area contributed by atoms with Crippen LogP contribution in [0.3, 0.4) is 0 Å². The van der Waals surface area contributed by atoms with Crippen molar-refractivity contribution in [3.63, 3.8) is 0 Å². The van der Waals surface area contributed by atoms with Crippen LogP contribution in [0.5, 0.6) is 0 Å². The molecular formula is C21H34N2O5S. The normalized spacial score (nSPS) is 32.5. The molecule has 0 aromatic heterocycles. The van der Waals surface area contributed by atoms with Gasteiger partial charge in [0.05, 0.1) is 23.2 Å². The number of carbonyl (C=O) groups is 3. The first-order valence-corrected chi connectivity index (χ1v) is 11.9. The number of rotatable bonds is 11. The number of hydrogen-bond acceptors (Lipinski definition) is 6. The van der Waals surface area contributed by atoms with Crippen molar-refractivity contribution in [3.8, 4) is 0 Å². The quantitative estimate of drug-likeness (QED) is 0.386. The number of aliphatic hydroxyl groups excluding tert-OH is 1. The summed E-state index contributed by atoms with van der Waals surface area (Å²) in [6.45, 7) is 5.30. The number of likely N-dealkylation sites (tertiary alicyclic amines) is 1. The minimum atomic E-state index is -0.547. The highest BCUT2D eigenvalue weighted by molar-refractivity contribution is 8.02. The maximum absolute atomic E-state index is 13.4. The zero-order valence-electron chi connectivity index (χ0n) is 17.5. The van der Waals surface area contributed by atoms with Crippen molar-refractivity contribution in [2.75, 3.05) is 26.3 Å². The van der Waals surface area contributed by atoms with Gasteiger partial charge in [0.2, 0.25) is 11.8 Å². The summed E-state index contributed by atoms with van der Waals surface area (Å²) in [6, 6.07) is -0.547. The number of aliphatic hydroxyl groups is 1. The Morgan fingerprint density at radius 2 is 2.07 bits per heavy atom. The van der Waals surface area contributed by atoms with E-state index in [1.165, 1.54) is 0 Å². The van der Waals surface area contributed by atoms with Gasteiger partial charge in [-0.25, -0.2) is 0 Å². The molecule has 8 heteroatoms. The number of amides is 2. The van der Waals surface area contributed by atoms with Gasteiger partial charge < -0.3 is 20.1 Å². The van der Waals surface area contributed by atoms with Crippen LogP contribution in [0.15, 0.2) is 0 Å². The van der Waals surface area contributed by atoms with Crippen molar-refractivity contribution >= 4 is 29.5 Å². The molecule has 3 heterocycles. The van der Waals surface area contributed by atoms with E-state index in [4.69, 9.17) is 9.84 Å². The maximum Gasteiger partial charge on any atom is 0.310 e. The van der Waals surface area contributed by atoms with Crippen molar-refractivity contribution < 1.29 is 24.2 Å². The molecule has 3 aliphatic rings. The largest absolute Gasteiger partial charge is 0.466 e. The van der Waals surface area contributed by atoms with Crippen molar-refractivity contribution in [2.45, 2.75) is 74.8 Å². The van der Waals surface area contributed by atoms with E-state index in [0.717, 1.165) is 32.1 Å². The molecule has 2 N–H and O–H groups in total. The van der Waals surface area contributed by atoms with Crippen LogP contribution in [-0.2, 0) is 19.1 Å². The number of hydrogen-bond donors (Lipinski definition) is 2. The van der Waals surface area contributed by atoms with Gasteiger partial charge in [-0.3, -0.25) is 14.4 Å². The molecule has 3 aliphatic heterocycles. The summed E-state index contributed by atoms with van der Waals surface area (Å²) in [5, 5.41) is 12.2. The second kappa shape index (κ2) is 9.69. The Hall–Kier alpha value is -1.28. The summed E-state index contributed by atoms with van der Waals surface area (Å²) in [4.78, 5) is 41.0. The summed E-state index contributed by atoms with van der Waals surface area (Å²) >= 11 is 1.67. The van der Waals surface area contributed by atoms with Crippen LogP contribution in [-0.4, -0.2) is 70.1 Å². The van der Waals surface area contributed by atoms with E-state index >= 15 is 0 Å². The first-order valence-electron chi connectivity index (χ1n) is 11.0. The van der Waals surface area contributed by atoms with Gasteiger partial charge in [-0.1, -0.05) is 19.8 Å². The average molecular weight is 427 g/mol. The number of ether oxygens (including phenoxy) is 1. The average Bonchev–Trinajstić information content (AvgIpc) is 3.33. The third kappa shape index (κ3) is 4.02. The van der Waals surface area contributed by atoms with Crippen molar-refractivity contribution in [3.05, 3.63) is 0 Å². The lowest BCUT2D eigenvalue weighted by Gasteiger charge is -2.34. The Bertz CT molecular complexity index is 630. The molecule has 0 saturated carbocycles. The molecule has 7 nitrogen and oxygen atoms in total. The minimum Gasteiger partial charge on any atom is -0.466 e. The monoisotopic (exact) mass is 426 g/mol. The number of nitrogens with zero attached hydrogens (tertiary/aromatic N) is 1. The predicted octanol–water partition coefficient (Wildman–Crippen LogP) is 1.72. The van der Waals surface area contributed by atoms with Crippen LogP contribution < -0.4 is 5.32 Å². The highest BCUT2D eigenvalue weighted by atomic mass is 32.2. The van der Waals surface area contributed by atoms with E-state index in [2.05, 4.69) is 12.2 Å². The van der Waals surface area contributed by atoms with Crippen molar-refractivity contribution in [1.29, 1.82) is 0 Å². The van der Waals surface area contributed by atoms with Gasteiger partial charge in [-0.2, -0.15) is 0 Å². The molecule has 2 bridgehead atoms. The first-order chi connectivity index (χ1) is 14.0. The van der Waals surface area contributed by atoms with Gasteiger partial charge in [0.25, 0.3) is 0 Å². The Labute approximate surface area is 177 Å². The highest BCUT2D eigenvalue weighted by Gasteiger charge is 2.73. The fourth-order valence-electron chi connectivity index (χ4n) is 5.28. The molecule has 5 atom stereocenters. The fourth-order valence-corrected chi connectivity index (χ4v) is 7.48. The number of nitrogens with one attached hydrogen (secondary N) is 1. The molecule has 1 spiro atoms. The van der Waals surface area contributed by atoms with Crippen molar-refractivity contribution in [2.24, 2.45) is 11.8 Å². The van der Waals surface area contributed by atoms with Crippen LogP contribution in [0.25, 0.3) is 0 Å². The SMILES string of the molecule is CCCCCNC(=O)C1N(CCCCO)C(=O)[C@@H]2[C@H](C(=O)OCC)[C@@H]3CCC12S3. The van der Waals surface area contributed by atoms with Gasteiger partial charge in [0.15, 0.2) is 0 Å². The first kappa shape index (κ1) is 22.4. The van der Waals surface area contributed by atoms with Crippen LogP contribution in [0.2, 0.25) is 0 Å². The van der Waals surface area contributed by atoms with E-state index in [1.54, 1.807) is 23.6 Å². The van der Waals surface area contributed by atoms with Crippen LogP contribution in [0.1, 0.15) is 58.8 Å². The minimum absolute atomic E-state index is 0.0537. The van der Waals surface area contributed by atoms with Gasteiger partial charge in [-0.05, 0) is 39.0 Å². The summed E-state index contributed by atoms with van der Waals surface area (Å²) in [7, 11) is 0. The molecular weight excluding hydrogens is 392 g/mol. The lowest BCUT2D eigenvalue weighted by Crippen LogP contribution is -2.53. The van der Waals surface area contributed by atoms with Gasteiger partial charge in [0.1, 0.15) is 6.04 Å². The summed E-state index contributed by atoms with van der Waals surface area (Å²) < 4.78 is 4.76. The van der Waals surface area contributed by atoms with E-state index in [1.807, 2.05) is 0 Å². The molecule has 0 aromatic carbocycles. The molecule has 29 heavy (non-hydrogen) atoms. The molecule has 0 aliphatic carbocycles. The number of unbranched alkanes of at least 4 members (excludes halogenated alkanes) is 3. The predicted molar refractivity (Wildman–Crippen MR) is 111 cm³/mol. The van der Waals surface area contributed by atoms with Gasteiger partial charge in [0, 0.05) is 24.9 Å². The van der Waals surface area contributed by atoms with Crippen molar-refractivity contribution in [1.82, 2.24) is 10.2 Å². The number of thioether (sulfide) groups is 1. The fraction of sp³-hybridized carbons (Fsp3) is 0.857. The molecule has 3 saturated heterocycles. The third-order valence-electron chi connectivity index (χ3n) is 6.49. The molecule has 3 rings (SSSR count). The number of fused-ring (bicyclic) bond motifs is 1. The molecule has 2 unspecified atom stereocenters. The summed E-state index contributed by atoms with van der Waals surface area (Å²) in [6.07, 6.45) is 5.90. The second-order valence-electron chi connectivity index (χ2n) is 8.27. The Morgan fingerprint density at radius 1 is 1.28 bits per heavy atom. The Balaban J connectivity index is 1.84. The topological polar surface area (TPSA) is 95.9 Å². The molecule has 164 valence electrons. The lowest BCUT2D eigenvalue weighted by molar-refractivity contribution is -0.153. The third-order valence-corrected chi connectivity index (χ3v) is 8.45. The molecule has 0 radical (unpaired) electrons. The van der Waals surface area contributed by atoms with Gasteiger partial charge >= 0.3 is 5.97 Å². The zero-order chi connectivity index (χ0) is 21.0.